The van der Waals surface area contributed by atoms with E-state index >= 15 is 0 Å². The maximum Gasteiger partial charge on any atom is 0.119 e. The number of hydrogen-bond acceptors (Lipinski definition) is 4. The number of ether oxygens (including phenoxy) is 1. The molecule has 6 rings (SSSR count). The van der Waals surface area contributed by atoms with E-state index in [1.807, 2.05) is 12.1 Å². The van der Waals surface area contributed by atoms with Crippen LogP contribution in [0.15, 0.2) is 72.8 Å². The van der Waals surface area contributed by atoms with E-state index in [2.05, 4.69) is 42.2 Å². The number of likely N-dealkylation sites (N-methyl/N-ethyl adjacent to an activating group) is 1. The molecule has 3 aliphatic rings. The smallest absolute Gasteiger partial charge is 0.119 e. The summed E-state index contributed by atoms with van der Waals surface area (Å²) in [6, 6.07) is 23.3. The Hall–Kier alpha value is -2.33. The number of aromatic hydroxyl groups is 2. The van der Waals surface area contributed by atoms with Crippen LogP contribution in [-0.2, 0) is 33.9 Å². The second-order valence-corrected chi connectivity index (χ2v) is 10.0. The van der Waals surface area contributed by atoms with Gasteiger partial charge in [-0.05, 0) is 73.3 Å². The van der Waals surface area contributed by atoms with Crippen molar-refractivity contribution in [3.8, 4) is 17.2 Å². The van der Waals surface area contributed by atoms with Gasteiger partial charge in [0.25, 0.3) is 0 Å². The van der Waals surface area contributed by atoms with Crippen molar-refractivity contribution in [1.82, 2.24) is 4.90 Å². The van der Waals surface area contributed by atoms with Gasteiger partial charge in [-0.3, -0.25) is 4.90 Å². The fourth-order valence-corrected chi connectivity index (χ4v) is 5.20. The number of fused-ring (bicyclic) bond motifs is 1. The molecule has 0 aromatic heterocycles. The van der Waals surface area contributed by atoms with Gasteiger partial charge in [-0.25, -0.2) is 0 Å². The third kappa shape index (κ3) is 6.70. The van der Waals surface area contributed by atoms with Crippen LogP contribution in [0.5, 0.6) is 17.2 Å². The SMILES string of the molecule is CCN1CCC(Oc2ccc(CC3[N-]C4(CC4)Cc4cc(O)ccc43)cc2)C1.Oc1ccccc1.[W]. The quantitative estimate of drug-likeness (QED) is 0.354. The predicted molar refractivity (Wildman–Crippen MR) is 139 cm³/mol. The van der Waals surface area contributed by atoms with Crippen molar-refractivity contribution in [3.63, 3.8) is 0 Å². The standard InChI is InChI=1S/C24H29N2O2.C6H6O.W/c1-2-26-12-9-21(16-26)28-20-6-3-17(4-7-20)13-23-22-8-5-19(27)14-18(22)15-24(25-23)10-11-24;7-6-4-2-1-3-5-6;/h3-8,14,21,23,27H,2,9-13,15-16H2,1H3;1-5,7H;/q-1;;. The zero-order chi connectivity index (χ0) is 24.3. The molecule has 3 aromatic rings. The molecule has 5 nitrogen and oxygen atoms in total. The fourth-order valence-electron chi connectivity index (χ4n) is 5.20. The summed E-state index contributed by atoms with van der Waals surface area (Å²) in [6.45, 7) is 5.48. The zero-order valence-corrected chi connectivity index (χ0v) is 23.8. The zero-order valence-electron chi connectivity index (χ0n) is 20.8. The second-order valence-electron chi connectivity index (χ2n) is 10.0. The van der Waals surface area contributed by atoms with Gasteiger partial charge in [0.1, 0.15) is 23.4 Å². The van der Waals surface area contributed by atoms with Crippen LogP contribution in [0.1, 0.15) is 48.9 Å². The average molecular weight is 655 g/mol. The first-order chi connectivity index (χ1) is 17.0. The van der Waals surface area contributed by atoms with Crippen LogP contribution in [0.4, 0.5) is 0 Å². The number of para-hydroxylation sites is 1. The molecule has 3 aromatic carbocycles. The van der Waals surface area contributed by atoms with Crippen molar-refractivity contribution in [2.45, 2.75) is 56.7 Å². The average Bonchev–Trinajstić information content (AvgIpc) is 3.43. The number of hydrogen-bond donors (Lipinski definition) is 2. The summed E-state index contributed by atoms with van der Waals surface area (Å²) < 4.78 is 6.17. The normalized spacial score (nSPS) is 21.6. The number of phenolic OH excluding ortho intramolecular Hbond substituents is 2. The Kier molecular flexibility index (Phi) is 8.77. The molecule has 1 spiro atoms. The first kappa shape index (κ1) is 26.7. The molecule has 1 saturated carbocycles. The molecule has 1 aliphatic carbocycles. The van der Waals surface area contributed by atoms with Gasteiger partial charge in [0.05, 0.1) is 0 Å². The maximum absolute atomic E-state index is 9.89. The van der Waals surface area contributed by atoms with Crippen molar-refractivity contribution in [3.05, 3.63) is 94.8 Å². The van der Waals surface area contributed by atoms with Crippen molar-refractivity contribution in [2.24, 2.45) is 0 Å². The van der Waals surface area contributed by atoms with Crippen LogP contribution >= 0.6 is 0 Å². The molecule has 2 heterocycles. The van der Waals surface area contributed by atoms with E-state index in [4.69, 9.17) is 15.2 Å². The third-order valence-corrected chi connectivity index (χ3v) is 7.35. The van der Waals surface area contributed by atoms with Crippen LogP contribution < -0.4 is 4.74 Å². The number of likely N-dealkylation sites (tertiary alicyclic amines) is 1. The Balaban J connectivity index is 0.000000331. The van der Waals surface area contributed by atoms with Crippen LogP contribution in [0.25, 0.3) is 5.32 Å². The van der Waals surface area contributed by atoms with E-state index in [1.54, 1.807) is 30.3 Å². The Morgan fingerprint density at radius 1 is 0.972 bits per heavy atom. The minimum atomic E-state index is 0. The van der Waals surface area contributed by atoms with Crippen LogP contribution in [0, 0.1) is 0 Å². The summed E-state index contributed by atoms with van der Waals surface area (Å²) in [4.78, 5) is 2.44. The molecule has 190 valence electrons. The van der Waals surface area contributed by atoms with Crippen LogP contribution in [-0.4, -0.2) is 46.4 Å². The largest absolute Gasteiger partial charge is 0.650 e. The van der Waals surface area contributed by atoms with Gasteiger partial charge in [-0.15, -0.1) is 11.6 Å². The molecule has 2 unspecified atom stereocenters. The molecule has 2 atom stereocenters. The number of phenols is 2. The third-order valence-electron chi connectivity index (χ3n) is 7.35. The molecule has 6 heteroatoms. The Morgan fingerprint density at radius 2 is 1.72 bits per heavy atom. The van der Waals surface area contributed by atoms with Crippen molar-refractivity contribution < 1.29 is 36.0 Å². The van der Waals surface area contributed by atoms with Gasteiger partial charge >= 0.3 is 0 Å². The first-order valence-corrected chi connectivity index (χ1v) is 12.8. The van der Waals surface area contributed by atoms with Gasteiger partial charge in [0, 0.05) is 34.2 Å². The molecule has 0 amide bonds. The summed E-state index contributed by atoms with van der Waals surface area (Å²) in [7, 11) is 0. The van der Waals surface area contributed by atoms with E-state index in [-0.39, 0.29) is 32.6 Å². The van der Waals surface area contributed by atoms with Gasteiger partial charge in [0.2, 0.25) is 0 Å². The maximum atomic E-state index is 9.89. The second kappa shape index (κ2) is 11.8. The van der Waals surface area contributed by atoms with Crippen LogP contribution in [0.3, 0.4) is 0 Å². The van der Waals surface area contributed by atoms with Gasteiger partial charge in [0.15, 0.2) is 0 Å². The summed E-state index contributed by atoms with van der Waals surface area (Å²) >= 11 is 0. The summed E-state index contributed by atoms with van der Waals surface area (Å²) in [5.41, 5.74) is 3.99. The van der Waals surface area contributed by atoms with Gasteiger partial charge in [-0.1, -0.05) is 61.7 Å². The topological polar surface area (TPSA) is 67.0 Å². The molecule has 0 bridgehead atoms. The predicted octanol–water partition coefficient (Wildman–Crippen LogP) is 6.00. The fraction of sp³-hybridized carbons (Fsp3) is 0.400. The minimum absolute atomic E-state index is 0. The van der Waals surface area contributed by atoms with Gasteiger partial charge < -0.3 is 20.3 Å². The van der Waals surface area contributed by atoms with E-state index in [0.29, 0.717) is 17.6 Å². The number of benzene rings is 3. The molecule has 0 radical (unpaired) electrons. The number of nitrogens with zero attached hydrogens (tertiary/aromatic N) is 2. The Bertz CT molecular complexity index is 1120. The van der Waals surface area contributed by atoms with Crippen molar-refractivity contribution >= 4 is 0 Å². The molecular weight excluding hydrogens is 620 g/mol. The summed E-state index contributed by atoms with van der Waals surface area (Å²) in [5, 5.41) is 23.7. The van der Waals surface area contributed by atoms with E-state index in [0.717, 1.165) is 44.6 Å². The van der Waals surface area contributed by atoms with Crippen LogP contribution in [0.2, 0.25) is 0 Å². The monoisotopic (exact) mass is 655 g/mol. The molecule has 36 heavy (non-hydrogen) atoms. The molecule has 2 aliphatic heterocycles. The molecule has 2 N–H and O–H groups in total. The Labute approximate surface area is 228 Å². The summed E-state index contributed by atoms with van der Waals surface area (Å²) in [5.74, 6) is 1.66. The number of rotatable bonds is 5. The molecule has 1 saturated heterocycles. The molecular formula is C30H35N2O3W-. The van der Waals surface area contributed by atoms with E-state index in [1.165, 1.54) is 29.5 Å². The van der Waals surface area contributed by atoms with Gasteiger partial charge in [-0.2, -0.15) is 0 Å². The Morgan fingerprint density at radius 3 is 2.33 bits per heavy atom. The van der Waals surface area contributed by atoms with E-state index in [9.17, 15) is 5.11 Å². The van der Waals surface area contributed by atoms with Crippen molar-refractivity contribution in [2.75, 3.05) is 19.6 Å². The van der Waals surface area contributed by atoms with E-state index < -0.39 is 0 Å². The molecule has 2 fully saturated rings. The summed E-state index contributed by atoms with van der Waals surface area (Å²) in [6.07, 6.45) is 5.68. The first-order valence-electron chi connectivity index (χ1n) is 12.8. The van der Waals surface area contributed by atoms with Crippen molar-refractivity contribution in [1.29, 1.82) is 0 Å². The minimum Gasteiger partial charge on any atom is -0.650 e.